The summed E-state index contributed by atoms with van der Waals surface area (Å²) in [6, 6.07) is 0.712. The van der Waals surface area contributed by atoms with Crippen LogP contribution in [-0.4, -0.2) is 62.7 Å². The zero-order valence-electron chi connectivity index (χ0n) is 9.21. The van der Waals surface area contributed by atoms with E-state index in [-0.39, 0.29) is 0 Å². The summed E-state index contributed by atoms with van der Waals surface area (Å²) in [5.74, 6) is 0. The van der Waals surface area contributed by atoms with Crippen LogP contribution in [0.2, 0.25) is 0 Å². The fourth-order valence-electron chi connectivity index (χ4n) is 2.06. The van der Waals surface area contributed by atoms with Gasteiger partial charge in [0.2, 0.25) is 0 Å². The molecule has 1 saturated heterocycles. The number of piperazine rings is 1. The molecule has 1 rings (SSSR count). The first-order valence-corrected chi connectivity index (χ1v) is 5.35. The maximum atomic E-state index is 3.28. The first-order valence-electron chi connectivity index (χ1n) is 5.35. The van der Waals surface area contributed by atoms with Crippen LogP contribution >= 0.6 is 0 Å². The van der Waals surface area contributed by atoms with E-state index in [1.165, 1.54) is 32.6 Å². The van der Waals surface area contributed by atoms with E-state index in [0.717, 1.165) is 6.54 Å². The highest BCUT2D eigenvalue weighted by atomic mass is 15.3. The molecule has 0 aliphatic carbocycles. The minimum absolute atomic E-state index is 0.712. The topological polar surface area (TPSA) is 18.5 Å². The van der Waals surface area contributed by atoms with Crippen molar-refractivity contribution in [3.05, 3.63) is 0 Å². The lowest BCUT2D eigenvalue weighted by Crippen LogP contribution is -2.55. The Morgan fingerprint density at radius 1 is 1.38 bits per heavy atom. The molecule has 1 fully saturated rings. The largest absolute Gasteiger partial charge is 0.318 e. The quantitative estimate of drug-likeness (QED) is 0.676. The molecule has 0 amide bonds. The molecule has 78 valence electrons. The van der Waals surface area contributed by atoms with E-state index in [0.29, 0.717) is 6.04 Å². The van der Waals surface area contributed by atoms with Crippen LogP contribution in [0, 0.1) is 0 Å². The van der Waals surface area contributed by atoms with Gasteiger partial charge in [0.1, 0.15) is 0 Å². The van der Waals surface area contributed by atoms with E-state index in [4.69, 9.17) is 0 Å². The molecular formula is C10H23N3. The average molecular weight is 185 g/mol. The predicted molar refractivity (Wildman–Crippen MR) is 57.1 cm³/mol. The second-order valence-corrected chi connectivity index (χ2v) is 4.01. The van der Waals surface area contributed by atoms with E-state index >= 15 is 0 Å². The van der Waals surface area contributed by atoms with Gasteiger partial charge in [0.25, 0.3) is 0 Å². The Kier molecular flexibility index (Phi) is 4.70. The normalized spacial score (nSPS) is 26.5. The van der Waals surface area contributed by atoms with Crippen LogP contribution in [0.15, 0.2) is 0 Å². The Bertz CT molecular complexity index is 138. The van der Waals surface area contributed by atoms with Crippen molar-refractivity contribution in [3.63, 3.8) is 0 Å². The molecule has 3 nitrogen and oxygen atoms in total. The van der Waals surface area contributed by atoms with Gasteiger partial charge in [0.05, 0.1) is 0 Å². The summed E-state index contributed by atoms with van der Waals surface area (Å²) in [7, 11) is 4.25. The maximum Gasteiger partial charge on any atom is 0.0348 e. The zero-order valence-corrected chi connectivity index (χ0v) is 9.21. The van der Waals surface area contributed by atoms with Crippen LogP contribution in [0.4, 0.5) is 0 Å². The first-order chi connectivity index (χ1) is 6.27. The second-order valence-electron chi connectivity index (χ2n) is 4.01. The SMILES string of the molecule is CCCN1CCN(C)CC1CNC. The van der Waals surface area contributed by atoms with Crippen molar-refractivity contribution in [1.82, 2.24) is 15.1 Å². The number of rotatable bonds is 4. The van der Waals surface area contributed by atoms with Gasteiger partial charge in [-0.05, 0) is 27.1 Å². The van der Waals surface area contributed by atoms with Crippen molar-refractivity contribution in [1.29, 1.82) is 0 Å². The van der Waals surface area contributed by atoms with Crippen molar-refractivity contribution < 1.29 is 0 Å². The Morgan fingerprint density at radius 2 is 2.15 bits per heavy atom. The van der Waals surface area contributed by atoms with Gasteiger partial charge in [0, 0.05) is 32.2 Å². The molecule has 13 heavy (non-hydrogen) atoms. The molecule has 0 saturated carbocycles. The lowest BCUT2D eigenvalue weighted by Gasteiger charge is -2.39. The van der Waals surface area contributed by atoms with Gasteiger partial charge in [-0.1, -0.05) is 6.92 Å². The van der Waals surface area contributed by atoms with E-state index < -0.39 is 0 Å². The van der Waals surface area contributed by atoms with Crippen LogP contribution in [0.25, 0.3) is 0 Å². The van der Waals surface area contributed by atoms with Crippen LogP contribution in [0.5, 0.6) is 0 Å². The highest BCUT2D eigenvalue weighted by Gasteiger charge is 2.23. The number of likely N-dealkylation sites (N-methyl/N-ethyl adjacent to an activating group) is 2. The summed E-state index contributed by atoms with van der Waals surface area (Å²) >= 11 is 0. The van der Waals surface area contributed by atoms with Gasteiger partial charge in [-0.15, -0.1) is 0 Å². The van der Waals surface area contributed by atoms with E-state index in [2.05, 4.69) is 29.1 Å². The van der Waals surface area contributed by atoms with E-state index in [1.54, 1.807) is 0 Å². The average Bonchev–Trinajstić information content (AvgIpc) is 2.10. The van der Waals surface area contributed by atoms with E-state index in [1.807, 2.05) is 7.05 Å². The van der Waals surface area contributed by atoms with Crippen molar-refractivity contribution >= 4 is 0 Å². The highest BCUT2D eigenvalue weighted by molar-refractivity contribution is 4.81. The lowest BCUT2D eigenvalue weighted by atomic mass is 10.1. The third kappa shape index (κ3) is 3.25. The van der Waals surface area contributed by atoms with Crippen molar-refractivity contribution in [2.45, 2.75) is 19.4 Å². The summed E-state index contributed by atoms with van der Waals surface area (Å²) in [6.07, 6.45) is 1.27. The fraction of sp³-hybridized carbons (Fsp3) is 1.00. The predicted octanol–water partition coefficient (Wildman–Crippen LogP) is 0.232. The summed E-state index contributed by atoms with van der Waals surface area (Å²) in [4.78, 5) is 5.03. The number of hydrogen-bond acceptors (Lipinski definition) is 3. The zero-order chi connectivity index (χ0) is 9.68. The standard InChI is InChI=1S/C10H23N3/c1-4-5-13-7-6-12(3)9-10(13)8-11-2/h10-11H,4-9H2,1-3H3. The minimum Gasteiger partial charge on any atom is -0.318 e. The van der Waals surface area contributed by atoms with Gasteiger partial charge in [0.15, 0.2) is 0 Å². The van der Waals surface area contributed by atoms with Crippen molar-refractivity contribution in [2.75, 3.05) is 46.8 Å². The molecule has 1 heterocycles. The fourth-order valence-corrected chi connectivity index (χ4v) is 2.06. The monoisotopic (exact) mass is 185 g/mol. The lowest BCUT2D eigenvalue weighted by molar-refractivity contribution is 0.0906. The summed E-state index contributed by atoms with van der Waals surface area (Å²) in [5, 5.41) is 3.28. The molecular weight excluding hydrogens is 162 g/mol. The molecule has 0 aromatic rings. The smallest absolute Gasteiger partial charge is 0.0348 e. The number of hydrogen-bond donors (Lipinski definition) is 1. The molecule has 0 spiro atoms. The van der Waals surface area contributed by atoms with Gasteiger partial charge < -0.3 is 10.2 Å². The Balaban J connectivity index is 2.40. The molecule has 1 N–H and O–H groups in total. The number of nitrogens with one attached hydrogen (secondary N) is 1. The van der Waals surface area contributed by atoms with Crippen LogP contribution in [0.1, 0.15) is 13.3 Å². The molecule has 1 atom stereocenters. The summed E-state index contributed by atoms with van der Waals surface area (Å²) in [5.41, 5.74) is 0. The van der Waals surface area contributed by atoms with Gasteiger partial charge in [-0.3, -0.25) is 4.90 Å². The Morgan fingerprint density at radius 3 is 2.77 bits per heavy atom. The molecule has 0 aromatic carbocycles. The van der Waals surface area contributed by atoms with Crippen molar-refractivity contribution in [3.8, 4) is 0 Å². The van der Waals surface area contributed by atoms with Gasteiger partial charge >= 0.3 is 0 Å². The third-order valence-electron chi connectivity index (χ3n) is 2.76. The molecule has 1 aliphatic rings. The van der Waals surface area contributed by atoms with Gasteiger partial charge in [-0.2, -0.15) is 0 Å². The third-order valence-corrected chi connectivity index (χ3v) is 2.76. The molecule has 0 radical (unpaired) electrons. The first kappa shape index (κ1) is 11.0. The summed E-state index contributed by atoms with van der Waals surface area (Å²) in [6.45, 7) is 8.29. The summed E-state index contributed by atoms with van der Waals surface area (Å²) < 4.78 is 0. The maximum absolute atomic E-state index is 3.28. The van der Waals surface area contributed by atoms with Crippen LogP contribution in [-0.2, 0) is 0 Å². The Labute approximate surface area is 82.1 Å². The van der Waals surface area contributed by atoms with Crippen LogP contribution < -0.4 is 5.32 Å². The van der Waals surface area contributed by atoms with Crippen LogP contribution in [0.3, 0.4) is 0 Å². The highest BCUT2D eigenvalue weighted by Crippen LogP contribution is 2.07. The molecule has 1 unspecified atom stereocenters. The van der Waals surface area contributed by atoms with Crippen molar-refractivity contribution in [2.24, 2.45) is 0 Å². The molecule has 0 bridgehead atoms. The molecule has 1 aliphatic heterocycles. The van der Waals surface area contributed by atoms with E-state index in [9.17, 15) is 0 Å². The molecule has 3 heteroatoms. The number of nitrogens with zero attached hydrogens (tertiary/aromatic N) is 2. The van der Waals surface area contributed by atoms with Gasteiger partial charge in [-0.25, -0.2) is 0 Å². The Hall–Kier alpha value is -0.120. The second kappa shape index (κ2) is 5.58. The minimum atomic E-state index is 0.712. The molecule has 0 aromatic heterocycles.